The molecule has 0 unspecified atom stereocenters. The molecule has 4 aromatic rings. The van der Waals surface area contributed by atoms with Crippen LogP contribution in [0.15, 0.2) is 65.1 Å². The first-order chi connectivity index (χ1) is 16.2. The van der Waals surface area contributed by atoms with Crippen molar-refractivity contribution < 1.29 is 18.4 Å². The highest BCUT2D eigenvalue weighted by atomic mass is 35.5. The molecule has 0 aliphatic carbocycles. The molecule has 0 atom stereocenters. The van der Waals surface area contributed by atoms with Gasteiger partial charge in [-0.1, -0.05) is 43.6 Å². The second-order valence-electron chi connectivity index (χ2n) is 8.61. The highest BCUT2D eigenvalue weighted by Crippen LogP contribution is 2.33. The number of hydrogen-bond acceptors (Lipinski definition) is 3. The Bertz CT molecular complexity index is 1380. The number of fused-ring (bicyclic) bond motifs is 1. The van der Waals surface area contributed by atoms with Gasteiger partial charge in [0.2, 0.25) is 0 Å². The Morgan fingerprint density at radius 3 is 2.44 bits per heavy atom. The van der Waals surface area contributed by atoms with E-state index in [1.165, 1.54) is 12.1 Å². The van der Waals surface area contributed by atoms with Crippen LogP contribution in [0.4, 0.5) is 4.39 Å². The number of hydrogen-bond donors (Lipinski definition) is 2. The lowest BCUT2D eigenvalue weighted by Crippen LogP contribution is -2.27. The molecule has 2 amide bonds. The van der Waals surface area contributed by atoms with E-state index in [1.54, 1.807) is 42.5 Å². The maximum Gasteiger partial charge on any atom is 0.252 e. The Kier molecular flexibility index (Phi) is 6.70. The molecule has 0 radical (unpaired) electrons. The highest BCUT2D eigenvalue weighted by Gasteiger charge is 2.20. The normalized spacial score (nSPS) is 11.2. The number of carbonyl (C=O) groups is 2. The maximum atomic E-state index is 13.3. The molecule has 0 spiro atoms. The second kappa shape index (κ2) is 9.69. The SMILES string of the molecule is CC(C)CNC(=O)c1cc(Cl)cc(-c2ccc3oc(Cc4ccc(F)cc4)c(C(N)=O)c3c2)c1. The van der Waals surface area contributed by atoms with Gasteiger partial charge in [-0.25, -0.2) is 4.39 Å². The lowest BCUT2D eigenvalue weighted by atomic mass is 9.99. The minimum Gasteiger partial charge on any atom is -0.460 e. The average molecular weight is 479 g/mol. The van der Waals surface area contributed by atoms with E-state index in [0.717, 1.165) is 16.7 Å². The first-order valence-electron chi connectivity index (χ1n) is 10.9. The monoisotopic (exact) mass is 478 g/mol. The molecule has 3 N–H and O–H groups in total. The maximum absolute atomic E-state index is 13.3. The first kappa shape index (κ1) is 23.5. The summed E-state index contributed by atoms with van der Waals surface area (Å²) < 4.78 is 19.2. The molecule has 34 heavy (non-hydrogen) atoms. The van der Waals surface area contributed by atoms with Crippen molar-refractivity contribution in [2.24, 2.45) is 11.7 Å². The number of primary amides is 1. The molecule has 0 fully saturated rings. The number of nitrogens with two attached hydrogens (primary N) is 1. The largest absolute Gasteiger partial charge is 0.460 e. The van der Waals surface area contributed by atoms with Gasteiger partial charge in [0.1, 0.15) is 17.2 Å². The number of carbonyl (C=O) groups excluding carboxylic acids is 2. The highest BCUT2D eigenvalue weighted by molar-refractivity contribution is 6.31. The lowest BCUT2D eigenvalue weighted by molar-refractivity contribution is 0.0947. The van der Waals surface area contributed by atoms with Crippen molar-refractivity contribution in [3.05, 3.63) is 94.0 Å². The predicted octanol–water partition coefficient (Wildman–Crippen LogP) is 5.97. The fraction of sp³-hybridized carbons (Fsp3) is 0.185. The fourth-order valence-electron chi connectivity index (χ4n) is 3.80. The molecule has 5 nitrogen and oxygen atoms in total. The second-order valence-corrected chi connectivity index (χ2v) is 9.05. The number of furan rings is 1. The van der Waals surface area contributed by atoms with Crippen LogP contribution in [0.3, 0.4) is 0 Å². The van der Waals surface area contributed by atoms with E-state index < -0.39 is 5.91 Å². The quantitative estimate of drug-likeness (QED) is 0.343. The Morgan fingerprint density at radius 1 is 1.03 bits per heavy atom. The summed E-state index contributed by atoms with van der Waals surface area (Å²) in [6.07, 6.45) is 0.292. The van der Waals surface area contributed by atoms with Crippen molar-refractivity contribution >= 4 is 34.4 Å². The zero-order chi connectivity index (χ0) is 24.4. The molecule has 4 rings (SSSR count). The summed E-state index contributed by atoms with van der Waals surface area (Å²) in [4.78, 5) is 24.9. The molecule has 0 saturated heterocycles. The van der Waals surface area contributed by atoms with Crippen molar-refractivity contribution in [2.75, 3.05) is 6.54 Å². The van der Waals surface area contributed by atoms with Crippen molar-refractivity contribution in [3.63, 3.8) is 0 Å². The van der Waals surface area contributed by atoms with Gasteiger partial charge in [0.15, 0.2) is 0 Å². The van der Waals surface area contributed by atoms with E-state index in [9.17, 15) is 14.0 Å². The summed E-state index contributed by atoms with van der Waals surface area (Å²) >= 11 is 6.31. The zero-order valence-electron chi connectivity index (χ0n) is 18.8. The third-order valence-electron chi connectivity index (χ3n) is 5.45. The van der Waals surface area contributed by atoms with Crippen molar-refractivity contribution in [2.45, 2.75) is 20.3 Å². The van der Waals surface area contributed by atoms with Crippen LogP contribution in [-0.4, -0.2) is 18.4 Å². The molecular weight excluding hydrogens is 455 g/mol. The van der Waals surface area contributed by atoms with Crippen LogP contribution in [0.5, 0.6) is 0 Å². The van der Waals surface area contributed by atoms with Crippen LogP contribution in [0.2, 0.25) is 5.02 Å². The summed E-state index contributed by atoms with van der Waals surface area (Å²) in [7, 11) is 0. The van der Waals surface area contributed by atoms with Gasteiger partial charge >= 0.3 is 0 Å². The first-order valence-corrected chi connectivity index (χ1v) is 11.3. The van der Waals surface area contributed by atoms with E-state index in [4.69, 9.17) is 21.8 Å². The lowest BCUT2D eigenvalue weighted by Gasteiger charge is -2.10. The smallest absolute Gasteiger partial charge is 0.252 e. The van der Waals surface area contributed by atoms with Gasteiger partial charge in [0, 0.05) is 28.9 Å². The van der Waals surface area contributed by atoms with Gasteiger partial charge in [-0.15, -0.1) is 0 Å². The molecule has 0 saturated carbocycles. The van der Waals surface area contributed by atoms with E-state index >= 15 is 0 Å². The Morgan fingerprint density at radius 2 is 1.76 bits per heavy atom. The van der Waals surface area contributed by atoms with Crippen molar-refractivity contribution in [1.29, 1.82) is 0 Å². The van der Waals surface area contributed by atoms with Gasteiger partial charge in [-0.05, 0) is 65.1 Å². The number of rotatable bonds is 7. The Hall–Kier alpha value is -3.64. The zero-order valence-corrected chi connectivity index (χ0v) is 19.6. The summed E-state index contributed by atoms with van der Waals surface area (Å²) in [6.45, 7) is 4.59. The molecular formula is C27H24ClFN2O3. The molecule has 0 aliphatic heterocycles. The topological polar surface area (TPSA) is 85.3 Å². The summed E-state index contributed by atoms with van der Waals surface area (Å²) in [5.41, 5.74) is 9.20. The van der Waals surface area contributed by atoms with Crippen LogP contribution in [-0.2, 0) is 6.42 Å². The third kappa shape index (κ3) is 5.13. The minimum absolute atomic E-state index is 0.207. The molecule has 0 aliphatic rings. The van der Waals surface area contributed by atoms with Gasteiger partial charge in [-0.2, -0.15) is 0 Å². The van der Waals surface area contributed by atoms with E-state index in [-0.39, 0.29) is 17.3 Å². The molecule has 3 aromatic carbocycles. The van der Waals surface area contributed by atoms with E-state index in [0.29, 0.717) is 46.2 Å². The molecule has 1 heterocycles. The van der Waals surface area contributed by atoms with E-state index in [2.05, 4.69) is 5.32 Å². The van der Waals surface area contributed by atoms with Gasteiger partial charge in [0.25, 0.3) is 11.8 Å². The molecule has 7 heteroatoms. The Balaban J connectivity index is 1.73. The van der Waals surface area contributed by atoms with Crippen LogP contribution in [0, 0.1) is 11.7 Å². The third-order valence-corrected chi connectivity index (χ3v) is 5.67. The van der Waals surface area contributed by atoms with Crippen molar-refractivity contribution in [3.8, 4) is 11.1 Å². The van der Waals surface area contributed by atoms with Crippen LogP contribution in [0.1, 0.15) is 45.9 Å². The van der Waals surface area contributed by atoms with Crippen LogP contribution < -0.4 is 11.1 Å². The number of benzene rings is 3. The predicted molar refractivity (Wildman–Crippen MR) is 132 cm³/mol. The van der Waals surface area contributed by atoms with Crippen LogP contribution >= 0.6 is 11.6 Å². The summed E-state index contributed by atoms with van der Waals surface area (Å²) in [5.74, 6) is -0.436. The summed E-state index contributed by atoms with van der Waals surface area (Å²) in [6, 6.07) is 16.5. The standard InChI is InChI=1S/C27H24ClFN2O3/c1-15(2)14-31-27(33)19-10-18(11-20(28)12-19)17-5-8-23-22(13-17)25(26(30)32)24(34-23)9-16-3-6-21(29)7-4-16/h3-8,10-13,15H,9,14H2,1-2H3,(H2,30,32)(H,31,33). The van der Waals surface area contributed by atoms with Crippen molar-refractivity contribution in [1.82, 2.24) is 5.32 Å². The number of amides is 2. The minimum atomic E-state index is -0.618. The molecule has 1 aromatic heterocycles. The van der Waals surface area contributed by atoms with Crippen LogP contribution in [0.25, 0.3) is 22.1 Å². The summed E-state index contributed by atoms with van der Waals surface area (Å²) in [5, 5.41) is 3.88. The fourth-order valence-corrected chi connectivity index (χ4v) is 4.03. The van der Waals surface area contributed by atoms with Gasteiger partial charge < -0.3 is 15.5 Å². The molecule has 174 valence electrons. The Labute approximate surface area is 201 Å². The van der Waals surface area contributed by atoms with E-state index in [1.807, 2.05) is 19.9 Å². The average Bonchev–Trinajstić information content (AvgIpc) is 3.15. The van der Waals surface area contributed by atoms with Gasteiger partial charge in [0.05, 0.1) is 5.56 Å². The number of nitrogens with one attached hydrogen (secondary N) is 1. The molecule has 0 bridgehead atoms. The van der Waals surface area contributed by atoms with Gasteiger partial charge in [-0.3, -0.25) is 9.59 Å². The number of halogens is 2.